The van der Waals surface area contributed by atoms with E-state index in [0.29, 0.717) is 12.0 Å². The molecule has 1 unspecified atom stereocenters. The Morgan fingerprint density at radius 3 is 2.43 bits per heavy atom. The predicted molar refractivity (Wildman–Crippen MR) is 90.6 cm³/mol. The first-order valence-electron chi connectivity index (χ1n) is 7.42. The molecule has 3 rings (SSSR count). The highest BCUT2D eigenvalue weighted by Crippen LogP contribution is 2.39. The van der Waals surface area contributed by atoms with Gasteiger partial charge in [0.1, 0.15) is 0 Å². The van der Waals surface area contributed by atoms with Crippen molar-refractivity contribution in [1.29, 1.82) is 0 Å². The molecule has 0 heterocycles. The number of hydrogen-bond donors (Lipinski definition) is 2. The first-order chi connectivity index (χ1) is 10.1. The van der Waals surface area contributed by atoms with Gasteiger partial charge in [-0.3, -0.25) is 0 Å². The van der Waals surface area contributed by atoms with Crippen LogP contribution < -0.4 is 5.32 Å². The van der Waals surface area contributed by atoms with E-state index in [2.05, 4.69) is 51.6 Å². The molecule has 1 aliphatic carbocycles. The lowest BCUT2D eigenvalue weighted by molar-refractivity contribution is 0.199. The van der Waals surface area contributed by atoms with Gasteiger partial charge in [-0.1, -0.05) is 46.3 Å². The molecule has 0 radical (unpaired) electrons. The summed E-state index contributed by atoms with van der Waals surface area (Å²) in [6.45, 7) is 1.81. The van der Waals surface area contributed by atoms with E-state index in [0.717, 1.165) is 28.6 Å². The second-order valence-corrected chi connectivity index (χ2v) is 6.74. The summed E-state index contributed by atoms with van der Waals surface area (Å²) in [5.74, 6) is 0.648. The smallest absolute Gasteiger partial charge is 0.0781 e. The number of para-hydroxylation sites is 1. The number of rotatable bonds is 4. The van der Waals surface area contributed by atoms with Gasteiger partial charge in [-0.15, -0.1) is 0 Å². The Morgan fingerprint density at radius 1 is 1.10 bits per heavy atom. The standard InChI is InChI=1S/C18H20BrNO/c1-12(21)17-4-2-3-5-18(17)20-16-10-14(11-16)13-6-8-15(19)9-7-13/h2-9,12,14,16,20-21H,10-11H2,1H3. The average molecular weight is 346 g/mol. The topological polar surface area (TPSA) is 32.3 Å². The molecule has 1 saturated carbocycles. The SMILES string of the molecule is CC(O)c1ccccc1NC1CC(c2ccc(Br)cc2)C1. The Morgan fingerprint density at radius 2 is 1.76 bits per heavy atom. The van der Waals surface area contributed by atoms with Crippen LogP contribution >= 0.6 is 15.9 Å². The summed E-state index contributed by atoms with van der Waals surface area (Å²) in [6.07, 6.45) is 1.86. The normalized spacial score (nSPS) is 22.4. The number of aliphatic hydroxyl groups excluding tert-OH is 1. The molecule has 1 fully saturated rings. The Bertz CT molecular complexity index is 603. The van der Waals surface area contributed by atoms with Crippen LogP contribution in [-0.4, -0.2) is 11.1 Å². The molecule has 1 aliphatic rings. The largest absolute Gasteiger partial charge is 0.389 e. The first-order valence-corrected chi connectivity index (χ1v) is 8.22. The van der Waals surface area contributed by atoms with Crippen molar-refractivity contribution in [1.82, 2.24) is 0 Å². The number of halogens is 1. The molecule has 110 valence electrons. The molecule has 2 nitrogen and oxygen atoms in total. The zero-order chi connectivity index (χ0) is 14.8. The maximum absolute atomic E-state index is 9.82. The third-order valence-corrected chi connectivity index (χ3v) is 4.78. The van der Waals surface area contributed by atoms with Crippen LogP contribution in [0.1, 0.15) is 42.9 Å². The second-order valence-electron chi connectivity index (χ2n) is 5.82. The molecule has 3 heteroatoms. The zero-order valence-corrected chi connectivity index (χ0v) is 13.7. The predicted octanol–water partition coefficient (Wildman–Crippen LogP) is 4.86. The molecule has 2 aromatic carbocycles. The summed E-state index contributed by atoms with van der Waals surface area (Å²) in [7, 11) is 0. The Kier molecular flexibility index (Phi) is 4.32. The summed E-state index contributed by atoms with van der Waals surface area (Å²) in [5, 5.41) is 13.4. The number of benzene rings is 2. The van der Waals surface area contributed by atoms with Gasteiger partial charge in [-0.25, -0.2) is 0 Å². The molecule has 0 amide bonds. The molecule has 0 aromatic heterocycles. The number of nitrogens with one attached hydrogen (secondary N) is 1. The van der Waals surface area contributed by atoms with Crippen molar-refractivity contribution in [2.45, 2.75) is 37.8 Å². The minimum atomic E-state index is -0.434. The maximum atomic E-state index is 9.82. The van der Waals surface area contributed by atoms with E-state index in [-0.39, 0.29) is 0 Å². The number of aliphatic hydroxyl groups is 1. The van der Waals surface area contributed by atoms with Crippen LogP contribution in [0.5, 0.6) is 0 Å². The molecule has 2 aromatic rings. The van der Waals surface area contributed by atoms with Crippen LogP contribution in [0, 0.1) is 0 Å². The highest BCUT2D eigenvalue weighted by molar-refractivity contribution is 9.10. The van der Waals surface area contributed by atoms with Crippen LogP contribution in [0.4, 0.5) is 5.69 Å². The number of anilines is 1. The molecule has 1 atom stereocenters. The van der Waals surface area contributed by atoms with Crippen molar-refractivity contribution in [3.8, 4) is 0 Å². The highest BCUT2D eigenvalue weighted by atomic mass is 79.9. The third kappa shape index (κ3) is 3.30. The highest BCUT2D eigenvalue weighted by Gasteiger charge is 2.30. The summed E-state index contributed by atoms with van der Waals surface area (Å²) in [5.41, 5.74) is 3.46. The van der Waals surface area contributed by atoms with Crippen molar-refractivity contribution in [3.05, 3.63) is 64.1 Å². The van der Waals surface area contributed by atoms with Gasteiger partial charge in [0.05, 0.1) is 6.10 Å². The van der Waals surface area contributed by atoms with E-state index in [4.69, 9.17) is 0 Å². The van der Waals surface area contributed by atoms with E-state index in [1.54, 1.807) is 0 Å². The van der Waals surface area contributed by atoms with Crippen molar-refractivity contribution < 1.29 is 5.11 Å². The fourth-order valence-electron chi connectivity index (χ4n) is 2.96. The molecular weight excluding hydrogens is 326 g/mol. The van der Waals surface area contributed by atoms with Crippen molar-refractivity contribution in [2.24, 2.45) is 0 Å². The zero-order valence-electron chi connectivity index (χ0n) is 12.1. The van der Waals surface area contributed by atoms with Crippen LogP contribution in [0.25, 0.3) is 0 Å². The molecule has 0 spiro atoms. The molecule has 2 N–H and O–H groups in total. The minimum absolute atomic E-state index is 0.434. The minimum Gasteiger partial charge on any atom is -0.389 e. The lowest BCUT2D eigenvalue weighted by Crippen LogP contribution is -2.34. The Balaban J connectivity index is 1.61. The summed E-state index contributed by atoms with van der Waals surface area (Å²) in [6, 6.07) is 17.1. The van der Waals surface area contributed by atoms with Gasteiger partial charge >= 0.3 is 0 Å². The monoisotopic (exact) mass is 345 g/mol. The summed E-state index contributed by atoms with van der Waals surface area (Å²) in [4.78, 5) is 0. The van der Waals surface area contributed by atoms with Crippen molar-refractivity contribution >= 4 is 21.6 Å². The van der Waals surface area contributed by atoms with E-state index in [9.17, 15) is 5.11 Å². The van der Waals surface area contributed by atoms with Gasteiger partial charge in [0, 0.05) is 21.8 Å². The van der Waals surface area contributed by atoms with Gasteiger partial charge in [0.15, 0.2) is 0 Å². The quantitative estimate of drug-likeness (QED) is 0.829. The molecule has 0 bridgehead atoms. The van der Waals surface area contributed by atoms with Gasteiger partial charge in [-0.2, -0.15) is 0 Å². The van der Waals surface area contributed by atoms with Gasteiger partial charge in [0.2, 0.25) is 0 Å². The number of hydrogen-bond acceptors (Lipinski definition) is 2. The molecular formula is C18H20BrNO. The van der Waals surface area contributed by atoms with Crippen LogP contribution in [0.3, 0.4) is 0 Å². The van der Waals surface area contributed by atoms with E-state index >= 15 is 0 Å². The summed E-state index contributed by atoms with van der Waals surface area (Å²) >= 11 is 3.48. The van der Waals surface area contributed by atoms with Gasteiger partial charge in [-0.05, 0) is 49.4 Å². The molecule has 0 aliphatic heterocycles. The van der Waals surface area contributed by atoms with E-state index in [1.807, 2.05) is 25.1 Å². The van der Waals surface area contributed by atoms with Gasteiger partial charge < -0.3 is 10.4 Å². The maximum Gasteiger partial charge on any atom is 0.0781 e. The van der Waals surface area contributed by atoms with Crippen LogP contribution in [0.15, 0.2) is 53.0 Å². The van der Waals surface area contributed by atoms with Crippen LogP contribution in [0.2, 0.25) is 0 Å². The lowest BCUT2D eigenvalue weighted by atomic mass is 9.75. The summed E-state index contributed by atoms with van der Waals surface area (Å²) < 4.78 is 1.13. The van der Waals surface area contributed by atoms with Crippen molar-refractivity contribution in [3.63, 3.8) is 0 Å². The second kappa shape index (κ2) is 6.20. The van der Waals surface area contributed by atoms with E-state index in [1.165, 1.54) is 5.56 Å². The Hall–Kier alpha value is -1.32. The van der Waals surface area contributed by atoms with E-state index < -0.39 is 6.10 Å². The first kappa shape index (κ1) is 14.6. The lowest BCUT2D eigenvalue weighted by Gasteiger charge is -2.37. The molecule has 0 saturated heterocycles. The van der Waals surface area contributed by atoms with Gasteiger partial charge in [0.25, 0.3) is 0 Å². The average Bonchev–Trinajstić information content (AvgIpc) is 2.44. The van der Waals surface area contributed by atoms with Crippen LogP contribution in [-0.2, 0) is 0 Å². The molecule has 21 heavy (non-hydrogen) atoms. The Labute approximate surface area is 134 Å². The fourth-order valence-corrected chi connectivity index (χ4v) is 3.22. The third-order valence-electron chi connectivity index (χ3n) is 4.25. The van der Waals surface area contributed by atoms with Crippen molar-refractivity contribution in [2.75, 3.05) is 5.32 Å². The fraction of sp³-hybridized carbons (Fsp3) is 0.333.